The third kappa shape index (κ3) is 3.14. The van der Waals surface area contributed by atoms with Crippen LogP contribution in [0.5, 0.6) is 0 Å². The average molecular weight is 266 g/mol. The minimum absolute atomic E-state index is 0.341. The summed E-state index contributed by atoms with van der Waals surface area (Å²) in [6.45, 7) is 2.77. The zero-order chi connectivity index (χ0) is 13.8. The number of nitrogens with zero attached hydrogens (tertiary/aromatic N) is 3. The van der Waals surface area contributed by atoms with Gasteiger partial charge in [-0.2, -0.15) is 0 Å². The standard InChI is InChI=1S/C13H16F2N4/c1-2-5-19-13(8-17-18-19)12(16)7-9-3-4-10(14)11(15)6-9/h3-4,6,8,12H,2,5,7,16H2,1H3. The SMILES string of the molecule is CCCn1nncc1C(N)Cc1ccc(F)c(F)c1. The number of aromatic nitrogens is 3. The number of rotatable bonds is 5. The van der Waals surface area contributed by atoms with Crippen molar-refractivity contribution in [2.75, 3.05) is 0 Å². The summed E-state index contributed by atoms with van der Waals surface area (Å²) < 4.78 is 27.7. The summed E-state index contributed by atoms with van der Waals surface area (Å²) in [6.07, 6.45) is 2.95. The van der Waals surface area contributed by atoms with Crippen LogP contribution in [0.15, 0.2) is 24.4 Å². The van der Waals surface area contributed by atoms with Crippen molar-refractivity contribution in [2.45, 2.75) is 32.4 Å². The molecule has 0 aliphatic heterocycles. The van der Waals surface area contributed by atoms with Crippen molar-refractivity contribution in [1.29, 1.82) is 0 Å². The summed E-state index contributed by atoms with van der Waals surface area (Å²) in [4.78, 5) is 0. The smallest absolute Gasteiger partial charge is 0.159 e. The molecule has 19 heavy (non-hydrogen) atoms. The largest absolute Gasteiger partial charge is 0.322 e. The maximum absolute atomic E-state index is 13.1. The van der Waals surface area contributed by atoms with Crippen molar-refractivity contribution in [3.05, 3.63) is 47.3 Å². The molecule has 0 spiro atoms. The van der Waals surface area contributed by atoms with E-state index in [0.29, 0.717) is 12.0 Å². The first-order valence-corrected chi connectivity index (χ1v) is 6.19. The molecule has 1 unspecified atom stereocenters. The van der Waals surface area contributed by atoms with Crippen LogP contribution >= 0.6 is 0 Å². The number of hydrogen-bond donors (Lipinski definition) is 1. The molecule has 6 heteroatoms. The second-order valence-corrected chi connectivity index (χ2v) is 4.44. The van der Waals surface area contributed by atoms with E-state index in [4.69, 9.17) is 5.73 Å². The Kier molecular flexibility index (Phi) is 4.21. The van der Waals surface area contributed by atoms with Crippen LogP contribution in [-0.2, 0) is 13.0 Å². The summed E-state index contributed by atoms with van der Waals surface area (Å²) >= 11 is 0. The minimum atomic E-state index is -0.857. The molecule has 0 saturated carbocycles. The Morgan fingerprint density at radius 1 is 1.32 bits per heavy atom. The van der Waals surface area contributed by atoms with Gasteiger partial charge in [-0.3, -0.25) is 0 Å². The van der Waals surface area contributed by atoms with Gasteiger partial charge in [0.1, 0.15) is 0 Å². The first-order valence-electron chi connectivity index (χ1n) is 6.19. The van der Waals surface area contributed by atoms with Gasteiger partial charge in [0.2, 0.25) is 0 Å². The van der Waals surface area contributed by atoms with Crippen LogP contribution in [-0.4, -0.2) is 15.0 Å². The Balaban J connectivity index is 2.13. The number of aryl methyl sites for hydroxylation is 1. The second kappa shape index (κ2) is 5.88. The first kappa shape index (κ1) is 13.6. The molecule has 2 N–H and O–H groups in total. The minimum Gasteiger partial charge on any atom is -0.322 e. The first-order chi connectivity index (χ1) is 9.11. The molecule has 1 aromatic carbocycles. The molecule has 4 nitrogen and oxygen atoms in total. The lowest BCUT2D eigenvalue weighted by atomic mass is 10.0. The van der Waals surface area contributed by atoms with E-state index in [1.807, 2.05) is 6.92 Å². The van der Waals surface area contributed by atoms with Crippen LogP contribution in [0.3, 0.4) is 0 Å². The van der Waals surface area contributed by atoms with Gasteiger partial charge >= 0.3 is 0 Å². The van der Waals surface area contributed by atoms with Crippen molar-refractivity contribution in [3.8, 4) is 0 Å². The molecule has 0 aliphatic carbocycles. The molecule has 2 rings (SSSR count). The van der Waals surface area contributed by atoms with Crippen molar-refractivity contribution >= 4 is 0 Å². The van der Waals surface area contributed by atoms with Crippen molar-refractivity contribution < 1.29 is 8.78 Å². The van der Waals surface area contributed by atoms with Gasteiger partial charge in [0.15, 0.2) is 11.6 Å². The summed E-state index contributed by atoms with van der Waals surface area (Å²) in [6, 6.07) is 3.47. The Bertz CT molecular complexity index is 553. The molecule has 0 amide bonds. The predicted octanol–water partition coefficient (Wildman–Crippen LogP) is 2.21. The van der Waals surface area contributed by atoms with Crippen LogP contribution in [0.2, 0.25) is 0 Å². The number of nitrogens with two attached hydrogens (primary N) is 1. The molecule has 0 fully saturated rings. The van der Waals surface area contributed by atoms with Gasteiger partial charge in [-0.25, -0.2) is 13.5 Å². The highest BCUT2D eigenvalue weighted by Crippen LogP contribution is 2.17. The number of halogens is 2. The fourth-order valence-electron chi connectivity index (χ4n) is 1.96. The molecule has 2 aromatic rings. The van der Waals surface area contributed by atoms with Crippen molar-refractivity contribution in [1.82, 2.24) is 15.0 Å². The zero-order valence-corrected chi connectivity index (χ0v) is 10.7. The highest BCUT2D eigenvalue weighted by molar-refractivity contribution is 5.20. The van der Waals surface area contributed by atoms with Crippen LogP contribution in [0, 0.1) is 11.6 Å². The van der Waals surface area contributed by atoms with E-state index < -0.39 is 11.6 Å². The van der Waals surface area contributed by atoms with E-state index in [0.717, 1.165) is 24.7 Å². The molecule has 0 bridgehead atoms. The van der Waals surface area contributed by atoms with Gasteiger partial charge in [-0.05, 0) is 30.5 Å². The fraction of sp³-hybridized carbons (Fsp3) is 0.385. The molecule has 1 aromatic heterocycles. The fourth-order valence-corrected chi connectivity index (χ4v) is 1.96. The third-order valence-corrected chi connectivity index (χ3v) is 2.90. The Hall–Kier alpha value is -1.82. The molecule has 0 saturated heterocycles. The Morgan fingerprint density at radius 3 is 2.79 bits per heavy atom. The monoisotopic (exact) mass is 266 g/mol. The number of benzene rings is 1. The van der Waals surface area contributed by atoms with E-state index in [-0.39, 0.29) is 6.04 Å². The topological polar surface area (TPSA) is 56.7 Å². The summed E-state index contributed by atoms with van der Waals surface area (Å²) in [7, 11) is 0. The van der Waals surface area contributed by atoms with Crippen LogP contribution in [0.25, 0.3) is 0 Å². The lowest BCUT2D eigenvalue weighted by Gasteiger charge is -2.13. The van der Waals surface area contributed by atoms with E-state index >= 15 is 0 Å². The van der Waals surface area contributed by atoms with E-state index in [2.05, 4.69) is 10.3 Å². The van der Waals surface area contributed by atoms with Gasteiger partial charge in [-0.15, -0.1) is 5.10 Å². The van der Waals surface area contributed by atoms with Gasteiger partial charge in [0, 0.05) is 6.54 Å². The van der Waals surface area contributed by atoms with Crippen LogP contribution < -0.4 is 5.73 Å². The van der Waals surface area contributed by atoms with E-state index in [1.165, 1.54) is 12.1 Å². The van der Waals surface area contributed by atoms with Crippen LogP contribution in [0.4, 0.5) is 8.78 Å². The highest BCUT2D eigenvalue weighted by Gasteiger charge is 2.14. The Morgan fingerprint density at radius 2 is 2.11 bits per heavy atom. The lowest BCUT2D eigenvalue weighted by molar-refractivity contribution is 0.503. The molecular formula is C13H16F2N4. The highest BCUT2D eigenvalue weighted by atomic mass is 19.2. The van der Waals surface area contributed by atoms with Gasteiger partial charge in [-0.1, -0.05) is 18.2 Å². The third-order valence-electron chi connectivity index (χ3n) is 2.90. The van der Waals surface area contributed by atoms with Crippen molar-refractivity contribution in [2.24, 2.45) is 5.73 Å². The summed E-state index contributed by atoms with van der Waals surface area (Å²) in [5.41, 5.74) is 7.52. The lowest BCUT2D eigenvalue weighted by Crippen LogP contribution is -2.18. The normalized spacial score (nSPS) is 12.6. The van der Waals surface area contributed by atoms with Gasteiger partial charge in [0.25, 0.3) is 0 Å². The molecule has 1 atom stereocenters. The molecule has 0 radical (unpaired) electrons. The average Bonchev–Trinajstić information content (AvgIpc) is 2.83. The van der Waals surface area contributed by atoms with Crippen molar-refractivity contribution in [3.63, 3.8) is 0 Å². The molecule has 1 heterocycles. The quantitative estimate of drug-likeness (QED) is 0.902. The van der Waals surface area contributed by atoms with Gasteiger partial charge < -0.3 is 5.73 Å². The molecular weight excluding hydrogens is 250 g/mol. The van der Waals surface area contributed by atoms with Crippen LogP contribution in [0.1, 0.15) is 30.6 Å². The van der Waals surface area contributed by atoms with E-state index in [9.17, 15) is 8.78 Å². The second-order valence-electron chi connectivity index (χ2n) is 4.44. The maximum atomic E-state index is 13.1. The van der Waals surface area contributed by atoms with E-state index in [1.54, 1.807) is 10.9 Å². The Labute approximate surface area is 110 Å². The zero-order valence-electron chi connectivity index (χ0n) is 10.7. The predicted molar refractivity (Wildman–Crippen MR) is 67.3 cm³/mol. The molecule has 0 aliphatic rings. The molecule has 102 valence electrons. The summed E-state index contributed by atoms with van der Waals surface area (Å²) in [5.74, 6) is -1.71. The summed E-state index contributed by atoms with van der Waals surface area (Å²) in [5, 5.41) is 7.79. The number of hydrogen-bond acceptors (Lipinski definition) is 3. The van der Waals surface area contributed by atoms with Gasteiger partial charge in [0.05, 0.1) is 17.9 Å². The maximum Gasteiger partial charge on any atom is 0.159 e.